The standard InChI is InChI=1S/C15H21N3O2/c1-5-15(4)12(19)17-14(2,3)13(20)18(15)10-11-7-6-8-16-9-11/h6-9H,5,10H2,1-4H3,(H,17,19). The van der Waals surface area contributed by atoms with Crippen molar-refractivity contribution in [3.8, 4) is 0 Å². The Bertz CT molecular complexity index is 527. The maximum absolute atomic E-state index is 12.7. The van der Waals surface area contributed by atoms with Gasteiger partial charge in [-0.25, -0.2) is 0 Å². The van der Waals surface area contributed by atoms with Gasteiger partial charge in [0.25, 0.3) is 0 Å². The number of rotatable bonds is 3. The number of pyridine rings is 1. The largest absolute Gasteiger partial charge is 0.340 e. The van der Waals surface area contributed by atoms with E-state index in [9.17, 15) is 9.59 Å². The van der Waals surface area contributed by atoms with E-state index < -0.39 is 11.1 Å². The van der Waals surface area contributed by atoms with Crippen LogP contribution in [0.25, 0.3) is 0 Å². The highest BCUT2D eigenvalue weighted by Gasteiger charge is 2.51. The number of hydrogen-bond acceptors (Lipinski definition) is 3. The fraction of sp³-hybridized carbons (Fsp3) is 0.533. The van der Waals surface area contributed by atoms with Gasteiger partial charge < -0.3 is 10.2 Å². The van der Waals surface area contributed by atoms with Crippen LogP contribution in [0, 0.1) is 0 Å². The minimum Gasteiger partial charge on any atom is -0.340 e. The zero-order valence-corrected chi connectivity index (χ0v) is 12.4. The molecular weight excluding hydrogens is 254 g/mol. The quantitative estimate of drug-likeness (QED) is 0.909. The van der Waals surface area contributed by atoms with E-state index in [2.05, 4.69) is 10.3 Å². The second kappa shape index (κ2) is 4.89. The van der Waals surface area contributed by atoms with Gasteiger partial charge in [0.2, 0.25) is 11.8 Å². The van der Waals surface area contributed by atoms with Gasteiger partial charge in [0, 0.05) is 18.9 Å². The molecule has 2 amide bonds. The van der Waals surface area contributed by atoms with Crippen LogP contribution in [-0.2, 0) is 16.1 Å². The lowest BCUT2D eigenvalue weighted by atomic mass is 9.86. The molecule has 1 saturated heterocycles. The summed E-state index contributed by atoms with van der Waals surface area (Å²) < 4.78 is 0. The maximum atomic E-state index is 12.7. The van der Waals surface area contributed by atoms with E-state index in [-0.39, 0.29) is 11.8 Å². The average molecular weight is 275 g/mol. The van der Waals surface area contributed by atoms with Crippen molar-refractivity contribution in [3.63, 3.8) is 0 Å². The minimum absolute atomic E-state index is 0.0645. The summed E-state index contributed by atoms with van der Waals surface area (Å²) in [5.74, 6) is -0.168. The molecule has 1 unspecified atom stereocenters. The summed E-state index contributed by atoms with van der Waals surface area (Å²) in [4.78, 5) is 30.8. The summed E-state index contributed by atoms with van der Waals surface area (Å²) in [7, 11) is 0. The lowest BCUT2D eigenvalue weighted by molar-refractivity contribution is -0.161. The summed E-state index contributed by atoms with van der Waals surface area (Å²) in [6.07, 6.45) is 3.99. The van der Waals surface area contributed by atoms with E-state index >= 15 is 0 Å². The molecule has 1 atom stereocenters. The van der Waals surface area contributed by atoms with Crippen LogP contribution >= 0.6 is 0 Å². The van der Waals surface area contributed by atoms with Crippen molar-refractivity contribution >= 4 is 11.8 Å². The Morgan fingerprint density at radius 3 is 2.55 bits per heavy atom. The lowest BCUT2D eigenvalue weighted by Gasteiger charge is -2.49. The molecule has 0 spiro atoms. The SMILES string of the molecule is CCC1(C)C(=O)NC(C)(C)C(=O)N1Cc1cccnc1. The molecule has 108 valence electrons. The second-order valence-electron chi connectivity index (χ2n) is 5.96. The van der Waals surface area contributed by atoms with Crippen molar-refractivity contribution in [2.45, 2.75) is 51.7 Å². The van der Waals surface area contributed by atoms with Gasteiger partial charge in [0.05, 0.1) is 0 Å². The third-order valence-corrected chi connectivity index (χ3v) is 4.04. The molecule has 5 nitrogen and oxygen atoms in total. The average Bonchev–Trinajstić information content (AvgIpc) is 2.42. The number of amides is 2. The van der Waals surface area contributed by atoms with E-state index in [0.29, 0.717) is 13.0 Å². The summed E-state index contributed by atoms with van der Waals surface area (Å²) in [5.41, 5.74) is -0.762. The van der Waals surface area contributed by atoms with Crippen LogP contribution in [0.15, 0.2) is 24.5 Å². The molecule has 2 rings (SSSR count). The molecule has 0 saturated carbocycles. The predicted octanol–water partition coefficient (Wildman–Crippen LogP) is 1.49. The van der Waals surface area contributed by atoms with Crippen LogP contribution in [-0.4, -0.2) is 32.8 Å². The normalized spacial score (nSPS) is 25.5. The fourth-order valence-electron chi connectivity index (χ4n) is 2.43. The molecule has 1 aliphatic rings. The summed E-state index contributed by atoms with van der Waals surface area (Å²) in [5, 5.41) is 2.82. The van der Waals surface area contributed by atoms with E-state index in [1.165, 1.54) is 0 Å². The monoisotopic (exact) mass is 275 g/mol. The number of nitrogens with one attached hydrogen (secondary N) is 1. The Kier molecular flexibility index (Phi) is 3.54. The van der Waals surface area contributed by atoms with E-state index in [4.69, 9.17) is 0 Å². The zero-order chi connectivity index (χ0) is 15.0. The maximum Gasteiger partial charge on any atom is 0.248 e. The van der Waals surface area contributed by atoms with Gasteiger partial charge in [-0.1, -0.05) is 13.0 Å². The number of nitrogens with zero attached hydrogens (tertiary/aromatic N) is 2. The minimum atomic E-state index is -0.867. The molecular formula is C15H21N3O2. The predicted molar refractivity (Wildman–Crippen MR) is 75.7 cm³/mol. The molecule has 20 heavy (non-hydrogen) atoms. The van der Waals surface area contributed by atoms with E-state index in [0.717, 1.165) is 5.56 Å². The molecule has 1 aromatic rings. The van der Waals surface area contributed by atoms with Crippen molar-refractivity contribution in [3.05, 3.63) is 30.1 Å². The molecule has 0 aromatic carbocycles. The van der Waals surface area contributed by atoms with Crippen LogP contribution < -0.4 is 5.32 Å². The highest BCUT2D eigenvalue weighted by molar-refractivity contribution is 6.01. The fourth-order valence-corrected chi connectivity index (χ4v) is 2.43. The first-order chi connectivity index (χ1) is 9.31. The summed E-state index contributed by atoms with van der Waals surface area (Å²) >= 11 is 0. The van der Waals surface area contributed by atoms with Crippen molar-refractivity contribution in [2.75, 3.05) is 0 Å². The van der Waals surface area contributed by atoms with Crippen molar-refractivity contribution < 1.29 is 9.59 Å². The van der Waals surface area contributed by atoms with Crippen LogP contribution in [0.5, 0.6) is 0 Å². The van der Waals surface area contributed by atoms with E-state index in [1.807, 2.05) is 26.0 Å². The molecule has 0 aliphatic carbocycles. The van der Waals surface area contributed by atoms with Gasteiger partial charge >= 0.3 is 0 Å². The van der Waals surface area contributed by atoms with Crippen molar-refractivity contribution in [2.24, 2.45) is 0 Å². The van der Waals surface area contributed by atoms with Crippen LogP contribution in [0.4, 0.5) is 0 Å². The molecule has 1 aliphatic heterocycles. The summed E-state index contributed by atoms with van der Waals surface area (Å²) in [6.45, 7) is 7.60. The van der Waals surface area contributed by atoms with Crippen molar-refractivity contribution in [1.82, 2.24) is 15.2 Å². The lowest BCUT2D eigenvalue weighted by Crippen LogP contribution is -2.72. The highest BCUT2D eigenvalue weighted by atomic mass is 16.2. The molecule has 0 bridgehead atoms. The molecule has 0 radical (unpaired) electrons. The highest BCUT2D eigenvalue weighted by Crippen LogP contribution is 2.30. The number of hydrogen-bond donors (Lipinski definition) is 1. The molecule has 1 aromatic heterocycles. The molecule has 2 heterocycles. The number of carbonyl (C=O) groups excluding carboxylic acids is 2. The number of aromatic nitrogens is 1. The van der Waals surface area contributed by atoms with E-state index in [1.54, 1.807) is 31.1 Å². The van der Waals surface area contributed by atoms with Gasteiger partial charge in [0.15, 0.2) is 0 Å². The Hall–Kier alpha value is -1.91. The smallest absolute Gasteiger partial charge is 0.248 e. The molecule has 5 heteroatoms. The van der Waals surface area contributed by atoms with Gasteiger partial charge in [0.1, 0.15) is 11.1 Å². The van der Waals surface area contributed by atoms with Gasteiger partial charge in [-0.2, -0.15) is 0 Å². The Morgan fingerprint density at radius 2 is 2.00 bits per heavy atom. The Morgan fingerprint density at radius 1 is 1.30 bits per heavy atom. The van der Waals surface area contributed by atoms with Gasteiger partial charge in [-0.15, -0.1) is 0 Å². The number of carbonyl (C=O) groups is 2. The van der Waals surface area contributed by atoms with Crippen molar-refractivity contribution in [1.29, 1.82) is 0 Å². The van der Waals surface area contributed by atoms with Gasteiger partial charge in [-0.3, -0.25) is 14.6 Å². The second-order valence-corrected chi connectivity index (χ2v) is 5.96. The first-order valence-electron chi connectivity index (χ1n) is 6.85. The van der Waals surface area contributed by atoms with Crippen LogP contribution in [0.3, 0.4) is 0 Å². The molecule has 1 N–H and O–H groups in total. The Balaban J connectivity index is 2.38. The van der Waals surface area contributed by atoms with Crippen LogP contribution in [0.2, 0.25) is 0 Å². The number of piperazine rings is 1. The van der Waals surface area contributed by atoms with Crippen LogP contribution in [0.1, 0.15) is 39.7 Å². The zero-order valence-electron chi connectivity index (χ0n) is 12.4. The topological polar surface area (TPSA) is 62.3 Å². The third kappa shape index (κ3) is 2.28. The molecule has 1 fully saturated rings. The first-order valence-corrected chi connectivity index (χ1v) is 6.85. The Labute approximate surface area is 119 Å². The summed E-state index contributed by atoms with van der Waals surface area (Å²) in [6, 6.07) is 3.74. The van der Waals surface area contributed by atoms with Gasteiger partial charge in [-0.05, 0) is 38.8 Å². The third-order valence-electron chi connectivity index (χ3n) is 4.04. The first kappa shape index (κ1) is 14.5.